The van der Waals surface area contributed by atoms with Gasteiger partial charge in [0, 0.05) is 12.1 Å². The fourth-order valence-electron chi connectivity index (χ4n) is 4.34. The zero-order valence-corrected chi connectivity index (χ0v) is 12.5. The van der Waals surface area contributed by atoms with Gasteiger partial charge in [0.2, 0.25) is 5.91 Å². The van der Waals surface area contributed by atoms with Crippen LogP contribution in [0.15, 0.2) is 0 Å². The Bertz CT molecular complexity index is 412. The van der Waals surface area contributed by atoms with Gasteiger partial charge >= 0.3 is 5.97 Å². The molecule has 1 aliphatic heterocycles. The molecule has 0 aromatic heterocycles. The fraction of sp³-hybridized carbons (Fsp3) is 0.875. The summed E-state index contributed by atoms with van der Waals surface area (Å²) in [6, 6.07) is 0.483. The van der Waals surface area contributed by atoms with Crippen LogP contribution in [0.1, 0.15) is 57.8 Å². The Morgan fingerprint density at radius 1 is 1.00 bits per heavy atom. The minimum absolute atomic E-state index is 0.0458. The number of carbonyl (C=O) groups is 2. The summed E-state index contributed by atoms with van der Waals surface area (Å²) in [7, 11) is 0. The van der Waals surface area contributed by atoms with Gasteiger partial charge in [-0.1, -0.05) is 12.8 Å². The summed E-state index contributed by atoms with van der Waals surface area (Å²) in [6.07, 6.45) is 9.22. The van der Waals surface area contributed by atoms with E-state index < -0.39 is 5.97 Å². The molecule has 3 rings (SSSR count). The fourth-order valence-corrected chi connectivity index (χ4v) is 4.34. The first-order valence-electron chi connectivity index (χ1n) is 8.42. The lowest BCUT2D eigenvalue weighted by Gasteiger charge is -2.40. The molecule has 0 bridgehead atoms. The van der Waals surface area contributed by atoms with Crippen LogP contribution in [0.25, 0.3) is 0 Å². The second kappa shape index (κ2) is 6.34. The summed E-state index contributed by atoms with van der Waals surface area (Å²) in [5.41, 5.74) is 0. The summed E-state index contributed by atoms with van der Waals surface area (Å²) in [6.45, 7) is 0. The molecule has 5 atom stereocenters. The van der Waals surface area contributed by atoms with Gasteiger partial charge in [-0.2, -0.15) is 0 Å². The van der Waals surface area contributed by atoms with E-state index in [1.54, 1.807) is 0 Å². The largest absolute Gasteiger partial charge is 0.481 e. The number of carboxylic acid groups (broad SMARTS) is 1. The number of aliphatic carboxylic acids is 1. The lowest BCUT2D eigenvalue weighted by Crippen LogP contribution is -2.56. The number of rotatable bonds is 3. The number of fused-ring (bicyclic) bond motifs is 1. The van der Waals surface area contributed by atoms with Crippen LogP contribution in [0.3, 0.4) is 0 Å². The molecular weight excluding hydrogens is 268 g/mol. The maximum Gasteiger partial charge on any atom is 0.306 e. The third-order valence-corrected chi connectivity index (χ3v) is 5.60. The van der Waals surface area contributed by atoms with Gasteiger partial charge in [-0.15, -0.1) is 0 Å². The van der Waals surface area contributed by atoms with Crippen molar-refractivity contribution in [1.82, 2.24) is 10.6 Å². The zero-order chi connectivity index (χ0) is 14.8. The van der Waals surface area contributed by atoms with Crippen molar-refractivity contribution in [3.8, 4) is 0 Å². The molecule has 0 aromatic rings. The van der Waals surface area contributed by atoms with Crippen molar-refractivity contribution in [2.75, 3.05) is 0 Å². The molecule has 21 heavy (non-hydrogen) atoms. The Morgan fingerprint density at radius 2 is 1.81 bits per heavy atom. The van der Waals surface area contributed by atoms with E-state index in [1.807, 2.05) is 0 Å². The second-order valence-corrected chi connectivity index (χ2v) is 7.00. The summed E-state index contributed by atoms with van der Waals surface area (Å²) < 4.78 is 0. The molecule has 3 aliphatic rings. The maximum absolute atomic E-state index is 12.4. The van der Waals surface area contributed by atoms with E-state index in [0.717, 1.165) is 25.2 Å². The van der Waals surface area contributed by atoms with Crippen molar-refractivity contribution in [2.24, 2.45) is 11.8 Å². The summed E-state index contributed by atoms with van der Waals surface area (Å²) >= 11 is 0. The van der Waals surface area contributed by atoms with Gasteiger partial charge in [-0.25, -0.2) is 0 Å². The van der Waals surface area contributed by atoms with Crippen molar-refractivity contribution < 1.29 is 14.7 Å². The van der Waals surface area contributed by atoms with Crippen molar-refractivity contribution in [2.45, 2.75) is 75.9 Å². The number of nitrogens with one attached hydrogen (secondary N) is 2. The molecule has 5 nitrogen and oxygen atoms in total. The molecule has 0 radical (unpaired) electrons. The number of hydrogen-bond acceptors (Lipinski definition) is 3. The number of piperidine rings is 1. The van der Waals surface area contributed by atoms with E-state index in [9.17, 15) is 9.59 Å². The van der Waals surface area contributed by atoms with Crippen LogP contribution in [-0.2, 0) is 9.59 Å². The van der Waals surface area contributed by atoms with E-state index >= 15 is 0 Å². The highest BCUT2D eigenvalue weighted by Crippen LogP contribution is 2.32. The Labute approximate surface area is 125 Å². The molecule has 0 spiro atoms. The first kappa shape index (κ1) is 14.8. The van der Waals surface area contributed by atoms with E-state index in [0.29, 0.717) is 18.9 Å². The highest BCUT2D eigenvalue weighted by molar-refractivity contribution is 5.82. The van der Waals surface area contributed by atoms with E-state index in [2.05, 4.69) is 10.6 Å². The third kappa shape index (κ3) is 3.39. The molecule has 3 N–H and O–H groups in total. The predicted molar refractivity (Wildman–Crippen MR) is 78.8 cm³/mol. The van der Waals surface area contributed by atoms with Gasteiger partial charge in [-0.3, -0.25) is 9.59 Å². The Kier molecular flexibility index (Phi) is 4.48. The number of carbonyl (C=O) groups excluding carboxylic acids is 1. The van der Waals surface area contributed by atoms with Crippen LogP contribution in [0.4, 0.5) is 0 Å². The minimum Gasteiger partial charge on any atom is -0.481 e. The van der Waals surface area contributed by atoms with Crippen LogP contribution in [-0.4, -0.2) is 35.1 Å². The zero-order valence-electron chi connectivity index (χ0n) is 12.5. The van der Waals surface area contributed by atoms with Crippen LogP contribution >= 0.6 is 0 Å². The molecule has 2 saturated carbocycles. The molecule has 5 heteroatoms. The van der Waals surface area contributed by atoms with Gasteiger partial charge in [0.25, 0.3) is 0 Å². The second-order valence-electron chi connectivity index (χ2n) is 7.00. The average molecular weight is 294 g/mol. The Hall–Kier alpha value is -1.10. The number of hydrogen-bond donors (Lipinski definition) is 3. The highest BCUT2D eigenvalue weighted by atomic mass is 16.4. The Morgan fingerprint density at radius 3 is 2.57 bits per heavy atom. The Balaban J connectivity index is 1.48. The number of carboxylic acids is 1. The first-order chi connectivity index (χ1) is 10.1. The van der Waals surface area contributed by atoms with Gasteiger partial charge in [-0.05, 0) is 50.9 Å². The van der Waals surface area contributed by atoms with Crippen molar-refractivity contribution >= 4 is 11.9 Å². The lowest BCUT2D eigenvalue weighted by atomic mass is 9.77. The summed E-state index contributed by atoms with van der Waals surface area (Å²) in [4.78, 5) is 23.4. The highest BCUT2D eigenvalue weighted by Gasteiger charge is 2.36. The normalized spacial score (nSPS) is 39.5. The van der Waals surface area contributed by atoms with Crippen molar-refractivity contribution in [3.63, 3.8) is 0 Å². The van der Waals surface area contributed by atoms with Crippen LogP contribution in [0.5, 0.6) is 0 Å². The minimum atomic E-state index is -0.729. The number of amides is 1. The molecule has 118 valence electrons. The summed E-state index contributed by atoms with van der Waals surface area (Å²) in [5.74, 6) is -0.175. The van der Waals surface area contributed by atoms with Crippen LogP contribution < -0.4 is 10.6 Å². The standard InChI is InChI=1S/C16H26N2O3/c19-15(17-12-7-5-11(9-12)16(20)21)14-8-6-10-3-1-2-4-13(10)18-14/h10-14,18H,1-9H2,(H,17,19)(H,20,21)/t10?,11-,12+,13?,14?/m1/s1. The van der Waals surface area contributed by atoms with E-state index in [4.69, 9.17) is 5.11 Å². The van der Waals surface area contributed by atoms with Gasteiger partial charge in [0.05, 0.1) is 12.0 Å². The topological polar surface area (TPSA) is 78.4 Å². The maximum atomic E-state index is 12.4. The molecule has 1 heterocycles. The summed E-state index contributed by atoms with van der Waals surface area (Å²) in [5, 5.41) is 15.6. The molecule has 3 fully saturated rings. The average Bonchev–Trinajstić information content (AvgIpc) is 2.95. The first-order valence-corrected chi connectivity index (χ1v) is 8.42. The molecule has 1 amide bonds. The van der Waals surface area contributed by atoms with Gasteiger partial charge in [0.1, 0.15) is 0 Å². The molecule has 2 aliphatic carbocycles. The molecule has 3 unspecified atom stereocenters. The smallest absolute Gasteiger partial charge is 0.306 e. The quantitative estimate of drug-likeness (QED) is 0.740. The molecule has 1 saturated heterocycles. The van der Waals surface area contributed by atoms with E-state index in [-0.39, 0.29) is 23.9 Å². The van der Waals surface area contributed by atoms with Gasteiger partial charge in [0.15, 0.2) is 0 Å². The van der Waals surface area contributed by atoms with Crippen molar-refractivity contribution in [1.29, 1.82) is 0 Å². The van der Waals surface area contributed by atoms with Crippen LogP contribution in [0.2, 0.25) is 0 Å². The van der Waals surface area contributed by atoms with E-state index in [1.165, 1.54) is 25.7 Å². The predicted octanol–water partition coefficient (Wildman–Crippen LogP) is 1.67. The SMILES string of the molecule is O=C(N[C@H]1CC[C@@H](C(=O)O)C1)C1CCC2CCCCC2N1. The molecule has 0 aromatic carbocycles. The molecular formula is C16H26N2O3. The van der Waals surface area contributed by atoms with Crippen LogP contribution in [0, 0.1) is 11.8 Å². The monoisotopic (exact) mass is 294 g/mol. The lowest BCUT2D eigenvalue weighted by molar-refractivity contribution is -0.141. The van der Waals surface area contributed by atoms with Crippen molar-refractivity contribution in [3.05, 3.63) is 0 Å². The van der Waals surface area contributed by atoms with Gasteiger partial charge < -0.3 is 15.7 Å². The third-order valence-electron chi connectivity index (χ3n) is 5.60.